The van der Waals surface area contributed by atoms with E-state index in [-0.39, 0.29) is 22.0 Å². The molecule has 4 rings (SSSR count). The first-order chi connectivity index (χ1) is 15.4. The summed E-state index contributed by atoms with van der Waals surface area (Å²) in [5.41, 5.74) is 1.09. The largest absolute Gasteiger partial charge is 0.493 e. The summed E-state index contributed by atoms with van der Waals surface area (Å²) in [6.45, 7) is 6.50. The molecule has 1 saturated heterocycles. The molecular formula is C24H31NO6S. The zero-order chi connectivity index (χ0) is 22.7. The molecule has 2 unspecified atom stereocenters. The predicted molar refractivity (Wildman–Crippen MR) is 121 cm³/mol. The molecule has 2 aliphatic rings. The Balaban J connectivity index is 1.64. The summed E-state index contributed by atoms with van der Waals surface area (Å²) in [6, 6.07) is 10.0. The van der Waals surface area contributed by atoms with Crippen molar-refractivity contribution in [3.8, 4) is 17.2 Å². The summed E-state index contributed by atoms with van der Waals surface area (Å²) in [5, 5.41) is 3.34. The number of hydrogen-bond acceptors (Lipinski definition) is 7. The summed E-state index contributed by atoms with van der Waals surface area (Å²) in [6.07, 6.45) is 1.65. The lowest BCUT2D eigenvalue weighted by atomic mass is 9.90. The van der Waals surface area contributed by atoms with E-state index < -0.39 is 9.84 Å². The fraction of sp³-hybridized carbons (Fsp3) is 0.500. The van der Waals surface area contributed by atoms with Crippen LogP contribution in [0.3, 0.4) is 0 Å². The van der Waals surface area contributed by atoms with Gasteiger partial charge in [0.2, 0.25) is 9.84 Å². The van der Waals surface area contributed by atoms with Crippen molar-refractivity contribution in [2.75, 3.05) is 33.4 Å². The number of fused-ring (bicyclic) bond motifs is 3. The molecule has 0 amide bonds. The van der Waals surface area contributed by atoms with Crippen molar-refractivity contribution in [3.63, 3.8) is 0 Å². The van der Waals surface area contributed by atoms with Gasteiger partial charge in [-0.3, -0.25) is 0 Å². The van der Waals surface area contributed by atoms with Gasteiger partial charge in [-0.1, -0.05) is 6.07 Å². The summed E-state index contributed by atoms with van der Waals surface area (Å²) in [5.74, 6) is 1.89. The van der Waals surface area contributed by atoms with E-state index in [1.54, 1.807) is 37.4 Å². The van der Waals surface area contributed by atoms with E-state index in [1.807, 2.05) is 19.9 Å². The Hall–Kier alpha value is -2.29. The molecule has 0 aromatic heterocycles. The Morgan fingerprint density at radius 1 is 1.09 bits per heavy atom. The first kappa shape index (κ1) is 22.9. The first-order valence-electron chi connectivity index (χ1n) is 11.1. The van der Waals surface area contributed by atoms with Crippen LogP contribution in [-0.2, 0) is 14.6 Å². The molecule has 0 bridgehead atoms. The van der Waals surface area contributed by atoms with Crippen LogP contribution in [0.1, 0.15) is 38.2 Å². The van der Waals surface area contributed by atoms with Crippen molar-refractivity contribution >= 4 is 9.84 Å². The number of hydrogen-bond donors (Lipinski definition) is 1. The highest BCUT2D eigenvalue weighted by molar-refractivity contribution is 7.91. The summed E-state index contributed by atoms with van der Waals surface area (Å²) >= 11 is 0. The van der Waals surface area contributed by atoms with E-state index >= 15 is 0 Å². The molecule has 2 aromatic rings. The first-order valence-corrected chi connectivity index (χ1v) is 12.6. The lowest BCUT2D eigenvalue weighted by Crippen LogP contribution is -2.39. The van der Waals surface area contributed by atoms with Crippen LogP contribution in [0.25, 0.3) is 0 Å². The van der Waals surface area contributed by atoms with Gasteiger partial charge in [0.15, 0.2) is 0 Å². The minimum Gasteiger partial charge on any atom is -0.493 e. The second-order valence-corrected chi connectivity index (χ2v) is 10.4. The summed E-state index contributed by atoms with van der Waals surface area (Å²) < 4.78 is 49.7. The summed E-state index contributed by atoms with van der Waals surface area (Å²) in [4.78, 5) is 0.337. The van der Waals surface area contributed by atoms with Gasteiger partial charge < -0.3 is 24.3 Å². The Kier molecular flexibility index (Phi) is 6.93. The third-order valence-electron chi connectivity index (χ3n) is 5.70. The number of nitrogens with one attached hydrogen (secondary N) is 1. The molecule has 2 heterocycles. The summed E-state index contributed by atoms with van der Waals surface area (Å²) in [7, 11) is -2.16. The number of methoxy groups -OCH3 is 1. The third-order valence-corrected chi connectivity index (χ3v) is 7.43. The average Bonchev–Trinajstić information content (AvgIpc) is 3.14. The van der Waals surface area contributed by atoms with Crippen LogP contribution in [0.2, 0.25) is 0 Å². The van der Waals surface area contributed by atoms with Crippen LogP contribution in [0.15, 0.2) is 46.2 Å². The molecule has 32 heavy (non-hydrogen) atoms. The lowest BCUT2D eigenvalue weighted by molar-refractivity contribution is 0.171. The Morgan fingerprint density at radius 2 is 1.91 bits per heavy atom. The Labute approximate surface area is 189 Å². The van der Waals surface area contributed by atoms with E-state index in [1.165, 1.54) is 0 Å². The fourth-order valence-corrected chi connectivity index (χ4v) is 5.54. The SMILES string of the molecule is COCCCOc1cc(OC(C)C)cc(S(=O)(=O)c2ccc3c(c2)OC2CNCCC32)c1. The molecule has 1 fully saturated rings. The van der Waals surface area contributed by atoms with Crippen molar-refractivity contribution < 1.29 is 27.4 Å². The van der Waals surface area contributed by atoms with Crippen molar-refractivity contribution in [2.24, 2.45) is 0 Å². The molecule has 2 atom stereocenters. The van der Waals surface area contributed by atoms with E-state index in [4.69, 9.17) is 18.9 Å². The minimum absolute atomic E-state index is 0.0616. The van der Waals surface area contributed by atoms with Crippen LogP contribution < -0.4 is 19.5 Å². The number of sulfone groups is 1. The second kappa shape index (κ2) is 9.68. The van der Waals surface area contributed by atoms with Gasteiger partial charge in [0, 0.05) is 44.2 Å². The maximum atomic E-state index is 13.5. The molecule has 8 heteroatoms. The van der Waals surface area contributed by atoms with Gasteiger partial charge in [-0.2, -0.15) is 0 Å². The van der Waals surface area contributed by atoms with Crippen LogP contribution in [0.5, 0.6) is 17.2 Å². The normalized spacial score (nSPS) is 19.9. The van der Waals surface area contributed by atoms with Crippen molar-refractivity contribution in [3.05, 3.63) is 42.0 Å². The topological polar surface area (TPSA) is 83.1 Å². The van der Waals surface area contributed by atoms with Crippen molar-refractivity contribution in [2.45, 2.75) is 54.6 Å². The number of rotatable bonds is 9. The average molecular weight is 462 g/mol. The standard InChI is InChI=1S/C24H31NO6S/c1-16(2)30-18-11-17(29-10-4-9-28-3)12-20(13-18)32(26,27)19-5-6-21-22-7-8-25-15-24(22)31-23(21)14-19/h5-6,11-14,16,22,24-25H,4,7-10,15H2,1-3H3. The van der Waals surface area contributed by atoms with E-state index in [0.717, 1.165) is 25.1 Å². The molecule has 0 aliphatic carbocycles. The van der Waals surface area contributed by atoms with Gasteiger partial charge in [0.25, 0.3) is 0 Å². The molecule has 174 valence electrons. The molecule has 1 N–H and O–H groups in total. The van der Waals surface area contributed by atoms with E-state index in [9.17, 15) is 8.42 Å². The maximum absolute atomic E-state index is 13.5. The second-order valence-electron chi connectivity index (χ2n) is 8.46. The van der Waals surface area contributed by atoms with Gasteiger partial charge in [-0.05, 0) is 51.1 Å². The van der Waals surface area contributed by atoms with Crippen molar-refractivity contribution in [1.82, 2.24) is 5.32 Å². The highest BCUT2D eigenvalue weighted by Gasteiger charge is 2.37. The molecular weight excluding hydrogens is 430 g/mol. The van der Waals surface area contributed by atoms with E-state index in [0.29, 0.717) is 42.8 Å². The molecule has 0 radical (unpaired) electrons. The minimum atomic E-state index is -3.79. The molecule has 2 aromatic carbocycles. The zero-order valence-electron chi connectivity index (χ0n) is 18.8. The van der Waals surface area contributed by atoms with Crippen LogP contribution in [0, 0.1) is 0 Å². The van der Waals surface area contributed by atoms with Gasteiger partial charge in [0.05, 0.1) is 22.5 Å². The molecule has 0 saturated carbocycles. The predicted octanol–water partition coefficient (Wildman–Crippen LogP) is 3.56. The van der Waals surface area contributed by atoms with Gasteiger partial charge in [-0.25, -0.2) is 8.42 Å². The number of piperidine rings is 1. The highest BCUT2D eigenvalue weighted by Crippen LogP contribution is 2.43. The third kappa shape index (κ3) is 4.87. The van der Waals surface area contributed by atoms with Crippen LogP contribution in [-0.4, -0.2) is 54.0 Å². The quantitative estimate of drug-likeness (QED) is 0.572. The number of ether oxygens (including phenoxy) is 4. The Bertz CT molecular complexity index is 1050. The highest BCUT2D eigenvalue weighted by atomic mass is 32.2. The fourth-order valence-electron chi connectivity index (χ4n) is 4.22. The zero-order valence-corrected chi connectivity index (χ0v) is 19.6. The van der Waals surface area contributed by atoms with Gasteiger partial charge in [0.1, 0.15) is 23.4 Å². The van der Waals surface area contributed by atoms with Crippen LogP contribution in [0.4, 0.5) is 0 Å². The molecule has 2 aliphatic heterocycles. The van der Waals surface area contributed by atoms with Crippen molar-refractivity contribution in [1.29, 1.82) is 0 Å². The number of benzene rings is 2. The van der Waals surface area contributed by atoms with Gasteiger partial charge >= 0.3 is 0 Å². The van der Waals surface area contributed by atoms with Gasteiger partial charge in [-0.15, -0.1) is 0 Å². The van der Waals surface area contributed by atoms with Crippen LogP contribution >= 0.6 is 0 Å². The smallest absolute Gasteiger partial charge is 0.207 e. The lowest BCUT2D eigenvalue weighted by Gasteiger charge is -2.24. The maximum Gasteiger partial charge on any atom is 0.207 e. The molecule has 7 nitrogen and oxygen atoms in total. The molecule has 0 spiro atoms. The Morgan fingerprint density at radius 3 is 2.69 bits per heavy atom. The monoisotopic (exact) mass is 461 g/mol. The van der Waals surface area contributed by atoms with E-state index in [2.05, 4.69) is 5.32 Å².